The van der Waals surface area contributed by atoms with Crippen molar-refractivity contribution in [2.45, 2.75) is 12.8 Å². The van der Waals surface area contributed by atoms with Crippen molar-refractivity contribution in [3.05, 3.63) is 15.3 Å². The number of nitrogens with zero attached hydrogens (tertiary/aromatic N) is 1. The van der Waals surface area contributed by atoms with Crippen LogP contribution in [-0.4, -0.2) is 31.5 Å². The monoisotopic (exact) mass is 391 g/mol. The number of aromatic nitrogens is 1. The number of alkyl halides is 3. The van der Waals surface area contributed by atoms with Gasteiger partial charge in [-0.1, -0.05) is 0 Å². The Labute approximate surface area is 120 Å². The summed E-state index contributed by atoms with van der Waals surface area (Å²) in [5.74, 6) is -1.68. The Hall–Kier alpha value is -1.26. The highest BCUT2D eigenvalue weighted by molar-refractivity contribution is 14.1. The van der Waals surface area contributed by atoms with Crippen molar-refractivity contribution in [1.29, 1.82) is 0 Å². The van der Waals surface area contributed by atoms with Gasteiger partial charge in [0.25, 0.3) is 5.88 Å². The molecule has 0 aliphatic heterocycles. The SMILES string of the molecule is COC(=O)Cc1c(I)cnc(OC)c1OC(F)(F)F. The van der Waals surface area contributed by atoms with Gasteiger partial charge < -0.3 is 14.2 Å². The minimum atomic E-state index is -4.91. The maximum atomic E-state index is 12.4. The van der Waals surface area contributed by atoms with E-state index in [2.05, 4.69) is 14.5 Å². The molecule has 0 aliphatic rings. The van der Waals surface area contributed by atoms with Gasteiger partial charge in [0.2, 0.25) is 0 Å². The quantitative estimate of drug-likeness (QED) is 0.583. The molecule has 1 heterocycles. The highest BCUT2D eigenvalue weighted by Gasteiger charge is 2.35. The lowest BCUT2D eigenvalue weighted by molar-refractivity contribution is -0.275. The fourth-order valence-corrected chi connectivity index (χ4v) is 1.81. The molecule has 0 aliphatic carbocycles. The van der Waals surface area contributed by atoms with E-state index >= 15 is 0 Å². The van der Waals surface area contributed by atoms with Gasteiger partial charge in [-0.3, -0.25) is 4.79 Å². The summed E-state index contributed by atoms with van der Waals surface area (Å²) in [6, 6.07) is 0. The van der Waals surface area contributed by atoms with Crippen LogP contribution in [0.5, 0.6) is 11.6 Å². The lowest BCUT2D eigenvalue weighted by Crippen LogP contribution is -2.20. The van der Waals surface area contributed by atoms with Crippen molar-refractivity contribution in [1.82, 2.24) is 4.98 Å². The Morgan fingerprint density at radius 1 is 1.42 bits per heavy atom. The van der Waals surface area contributed by atoms with E-state index in [1.54, 1.807) is 22.6 Å². The summed E-state index contributed by atoms with van der Waals surface area (Å²) in [5.41, 5.74) is 0.0108. The normalized spacial score (nSPS) is 11.1. The van der Waals surface area contributed by atoms with Crippen LogP contribution in [0, 0.1) is 3.57 Å². The first kappa shape index (κ1) is 15.8. The average Bonchev–Trinajstić information content (AvgIpc) is 2.32. The molecule has 0 saturated heterocycles. The van der Waals surface area contributed by atoms with Gasteiger partial charge in [-0.25, -0.2) is 4.98 Å². The van der Waals surface area contributed by atoms with Crippen LogP contribution in [0.4, 0.5) is 13.2 Å². The van der Waals surface area contributed by atoms with Crippen molar-refractivity contribution in [3.8, 4) is 11.6 Å². The lowest BCUT2D eigenvalue weighted by atomic mass is 10.2. The first-order chi connectivity index (χ1) is 8.78. The fraction of sp³-hybridized carbons (Fsp3) is 0.400. The molecule has 0 N–H and O–H groups in total. The Balaban J connectivity index is 3.28. The zero-order valence-corrected chi connectivity index (χ0v) is 12.0. The lowest BCUT2D eigenvalue weighted by Gasteiger charge is -2.16. The van der Waals surface area contributed by atoms with Gasteiger partial charge in [0.1, 0.15) is 0 Å². The van der Waals surface area contributed by atoms with E-state index in [-0.39, 0.29) is 17.9 Å². The summed E-state index contributed by atoms with van der Waals surface area (Å²) in [6.45, 7) is 0. The van der Waals surface area contributed by atoms with Crippen LogP contribution < -0.4 is 9.47 Å². The van der Waals surface area contributed by atoms with E-state index in [4.69, 9.17) is 4.74 Å². The topological polar surface area (TPSA) is 57.7 Å². The van der Waals surface area contributed by atoms with Crippen LogP contribution in [0.15, 0.2) is 6.20 Å². The third kappa shape index (κ3) is 4.40. The Morgan fingerprint density at radius 3 is 2.53 bits per heavy atom. The zero-order chi connectivity index (χ0) is 14.6. The molecule has 0 bridgehead atoms. The zero-order valence-electron chi connectivity index (χ0n) is 9.88. The fourth-order valence-electron chi connectivity index (χ4n) is 1.24. The van der Waals surface area contributed by atoms with Gasteiger partial charge in [-0.2, -0.15) is 0 Å². The van der Waals surface area contributed by atoms with Crippen molar-refractivity contribution < 1.29 is 32.2 Å². The highest BCUT2D eigenvalue weighted by Crippen LogP contribution is 2.36. The molecule has 0 amide bonds. The predicted molar refractivity (Wildman–Crippen MR) is 65.9 cm³/mol. The summed E-state index contributed by atoms with van der Waals surface area (Å²) in [6.07, 6.45) is -4.01. The van der Waals surface area contributed by atoms with E-state index in [0.29, 0.717) is 3.57 Å². The second-order valence-electron chi connectivity index (χ2n) is 3.22. The van der Waals surface area contributed by atoms with E-state index in [9.17, 15) is 18.0 Å². The summed E-state index contributed by atoms with van der Waals surface area (Å²) >= 11 is 1.75. The average molecular weight is 391 g/mol. The van der Waals surface area contributed by atoms with Crippen molar-refractivity contribution in [3.63, 3.8) is 0 Å². The van der Waals surface area contributed by atoms with Gasteiger partial charge in [-0.05, 0) is 22.6 Å². The number of hydrogen-bond acceptors (Lipinski definition) is 5. The number of carbonyl (C=O) groups is 1. The van der Waals surface area contributed by atoms with Gasteiger partial charge in [0.15, 0.2) is 5.75 Å². The smallest absolute Gasteiger partial charge is 0.478 e. The molecule has 1 aromatic rings. The number of methoxy groups -OCH3 is 2. The summed E-state index contributed by atoms with van der Waals surface area (Å²) in [4.78, 5) is 14.9. The second kappa shape index (κ2) is 6.26. The molecule has 0 saturated carbocycles. The number of esters is 1. The molecular formula is C10H9F3INO4. The Kier molecular flexibility index (Phi) is 5.20. The van der Waals surface area contributed by atoms with Crippen LogP contribution in [0.1, 0.15) is 5.56 Å². The molecule has 9 heteroatoms. The first-order valence-corrected chi connectivity index (χ1v) is 5.90. The number of hydrogen-bond donors (Lipinski definition) is 0. The Bertz CT molecular complexity index is 479. The molecule has 0 radical (unpaired) electrons. The van der Waals surface area contributed by atoms with Crippen molar-refractivity contribution in [2.75, 3.05) is 14.2 Å². The van der Waals surface area contributed by atoms with E-state index in [1.165, 1.54) is 6.20 Å². The summed E-state index contributed by atoms with van der Waals surface area (Å²) < 4.78 is 50.4. The van der Waals surface area contributed by atoms with Crippen LogP contribution in [0.3, 0.4) is 0 Å². The van der Waals surface area contributed by atoms with Crippen LogP contribution in [-0.2, 0) is 16.0 Å². The summed E-state index contributed by atoms with van der Waals surface area (Å²) in [7, 11) is 2.29. The van der Waals surface area contributed by atoms with Crippen LogP contribution in [0.2, 0.25) is 0 Å². The maximum Gasteiger partial charge on any atom is 0.573 e. The molecule has 0 atom stereocenters. The molecule has 19 heavy (non-hydrogen) atoms. The summed E-state index contributed by atoms with van der Waals surface area (Å²) in [5, 5.41) is 0. The molecule has 0 aromatic carbocycles. The maximum absolute atomic E-state index is 12.4. The van der Waals surface area contributed by atoms with E-state index in [1.807, 2.05) is 0 Å². The number of halogens is 4. The number of rotatable bonds is 4. The van der Waals surface area contributed by atoms with Gasteiger partial charge in [0, 0.05) is 15.3 Å². The van der Waals surface area contributed by atoms with E-state index < -0.39 is 18.1 Å². The largest absolute Gasteiger partial charge is 0.573 e. The molecule has 0 fully saturated rings. The third-order valence-electron chi connectivity index (χ3n) is 2.01. The van der Waals surface area contributed by atoms with Gasteiger partial charge >= 0.3 is 12.3 Å². The number of ether oxygens (including phenoxy) is 3. The van der Waals surface area contributed by atoms with Crippen LogP contribution >= 0.6 is 22.6 Å². The van der Waals surface area contributed by atoms with Crippen molar-refractivity contribution in [2.24, 2.45) is 0 Å². The third-order valence-corrected chi connectivity index (χ3v) is 2.94. The molecule has 1 rings (SSSR count). The Morgan fingerprint density at radius 2 is 2.05 bits per heavy atom. The van der Waals surface area contributed by atoms with E-state index in [0.717, 1.165) is 14.2 Å². The van der Waals surface area contributed by atoms with Crippen LogP contribution in [0.25, 0.3) is 0 Å². The number of carbonyl (C=O) groups excluding carboxylic acids is 1. The predicted octanol–water partition coefficient (Wildman–Crippen LogP) is 2.31. The molecular weight excluding hydrogens is 382 g/mol. The standard InChI is InChI=1S/C10H9F3INO4/c1-17-7(16)3-5-6(14)4-15-9(18-2)8(5)19-10(11,12)13/h4H,3H2,1-2H3. The van der Waals surface area contributed by atoms with Gasteiger partial charge in [0.05, 0.1) is 20.6 Å². The minimum Gasteiger partial charge on any atom is -0.478 e. The van der Waals surface area contributed by atoms with Crippen molar-refractivity contribution >= 4 is 28.6 Å². The number of pyridine rings is 1. The van der Waals surface area contributed by atoms with Gasteiger partial charge in [-0.15, -0.1) is 13.2 Å². The second-order valence-corrected chi connectivity index (χ2v) is 4.39. The molecule has 0 unspecified atom stereocenters. The highest BCUT2D eigenvalue weighted by atomic mass is 127. The molecule has 5 nitrogen and oxygen atoms in total. The minimum absolute atomic E-state index is 0.0108. The molecule has 0 spiro atoms. The molecule has 1 aromatic heterocycles. The first-order valence-electron chi connectivity index (χ1n) is 4.82. The molecule has 106 valence electrons.